The number of aliphatic hydroxyl groups is 1. The van der Waals surface area contributed by atoms with Gasteiger partial charge in [0.25, 0.3) is 0 Å². The van der Waals surface area contributed by atoms with Crippen LogP contribution in [0, 0.1) is 6.92 Å². The number of benzene rings is 1. The van der Waals surface area contributed by atoms with Gasteiger partial charge in [0.15, 0.2) is 0 Å². The second-order valence-corrected chi connectivity index (χ2v) is 9.06. The molecule has 182 valence electrons. The van der Waals surface area contributed by atoms with E-state index in [2.05, 4.69) is 12.2 Å². The number of hydrogen-bond donors (Lipinski definition) is 3. The van der Waals surface area contributed by atoms with Crippen molar-refractivity contribution in [1.82, 2.24) is 0 Å². The van der Waals surface area contributed by atoms with Gasteiger partial charge in [0.1, 0.15) is 11.5 Å². The Morgan fingerprint density at radius 2 is 1.67 bits per heavy atom. The number of carbonyl (C=O) groups is 1. The summed E-state index contributed by atoms with van der Waals surface area (Å²) in [7, 11) is 1.41. The number of esters is 1. The fourth-order valence-corrected chi connectivity index (χ4v) is 3.31. The molecular weight excluding hydrogens is 416 g/mol. The van der Waals surface area contributed by atoms with Crippen LogP contribution in [-0.2, 0) is 9.53 Å². The van der Waals surface area contributed by atoms with Crippen molar-refractivity contribution in [3.8, 4) is 11.5 Å². The van der Waals surface area contributed by atoms with Crippen molar-refractivity contribution < 1.29 is 24.9 Å². The van der Waals surface area contributed by atoms with E-state index < -0.39 is 5.60 Å². The highest BCUT2D eigenvalue weighted by molar-refractivity contribution is 5.88. The lowest BCUT2D eigenvalue weighted by Crippen LogP contribution is -2.19. The number of aryl methyl sites for hydroxylation is 1. The lowest BCUT2D eigenvalue weighted by Gasteiger charge is -2.18. The molecule has 0 spiro atoms. The molecule has 1 atom stereocenters. The molecule has 0 fully saturated rings. The molecule has 0 radical (unpaired) electrons. The fourth-order valence-electron chi connectivity index (χ4n) is 3.31. The Hall–Kier alpha value is -2.79. The summed E-state index contributed by atoms with van der Waals surface area (Å²) in [4.78, 5) is 12.0. The predicted molar refractivity (Wildman–Crippen MR) is 135 cm³/mol. The van der Waals surface area contributed by atoms with Crippen LogP contribution in [0.2, 0.25) is 0 Å². The minimum atomic E-state index is -1.05. The number of phenols is 2. The molecule has 0 amide bonds. The van der Waals surface area contributed by atoms with E-state index in [1.54, 1.807) is 26.0 Å². The van der Waals surface area contributed by atoms with Crippen LogP contribution in [0.15, 0.2) is 53.2 Å². The van der Waals surface area contributed by atoms with E-state index in [1.807, 2.05) is 26.8 Å². The molecule has 33 heavy (non-hydrogen) atoms. The predicted octanol–water partition coefficient (Wildman–Crippen LogP) is 6.52. The van der Waals surface area contributed by atoms with Gasteiger partial charge in [0, 0.05) is 11.1 Å². The molecule has 0 aliphatic heterocycles. The Bertz CT molecular complexity index is 912. The van der Waals surface area contributed by atoms with E-state index in [0.717, 1.165) is 19.3 Å². The zero-order valence-electron chi connectivity index (χ0n) is 20.9. The van der Waals surface area contributed by atoms with E-state index in [4.69, 9.17) is 4.74 Å². The van der Waals surface area contributed by atoms with Gasteiger partial charge in [0.05, 0.1) is 12.7 Å². The average Bonchev–Trinajstić information content (AvgIpc) is 2.73. The number of aromatic hydroxyl groups is 2. The zero-order valence-corrected chi connectivity index (χ0v) is 20.9. The van der Waals surface area contributed by atoms with Gasteiger partial charge in [-0.25, -0.2) is 4.79 Å². The maximum absolute atomic E-state index is 12.0. The molecule has 0 saturated carbocycles. The largest absolute Gasteiger partial charge is 0.508 e. The first-order chi connectivity index (χ1) is 15.4. The molecular formula is C28H40O5. The van der Waals surface area contributed by atoms with Crippen LogP contribution in [0.1, 0.15) is 77.3 Å². The number of methoxy groups -OCH3 is 1. The molecule has 5 heteroatoms. The molecule has 0 aliphatic rings. The molecule has 0 unspecified atom stereocenters. The Morgan fingerprint density at radius 3 is 2.30 bits per heavy atom. The monoisotopic (exact) mass is 456 g/mol. The van der Waals surface area contributed by atoms with E-state index in [-0.39, 0.29) is 17.5 Å². The third kappa shape index (κ3) is 11.1. The van der Waals surface area contributed by atoms with E-state index >= 15 is 0 Å². The van der Waals surface area contributed by atoms with Crippen LogP contribution in [-0.4, -0.2) is 34.0 Å². The summed E-state index contributed by atoms with van der Waals surface area (Å²) in [6.45, 7) is 9.56. The fraction of sp³-hybridized carbons (Fsp3) is 0.464. The summed E-state index contributed by atoms with van der Waals surface area (Å²) in [5.41, 5.74) is 3.15. The van der Waals surface area contributed by atoms with Crippen molar-refractivity contribution in [2.24, 2.45) is 0 Å². The van der Waals surface area contributed by atoms with Crippen molar-refractivity contribution in [2.75, 3.05) is 7.11 Å². The summed E-state index contributed by atoms with van der Waals surface area (Å²) < 4.78 is 4.90. The van der Waals surface area contributed by atoms with Crippen LogP contribution >= 0.6 is 0 Å². The van der Waals surface area contributed by atoms with Crippen molar-refractivity contribution in [1.29, 1.82) is 0 Å². The minimum absolute atomic E-state index is 0.0633. The van der Waals surface area contributed by atoms with Crippen molar-refractivity contribution in [3.05, 3.63) is 64.3 Å². The van der Waals surface area contributed by atoms with Gasteiger partial charge in [0.2, 0.25) is 0 Å². The van der Waals surface area contributed by atoms with E-state index in [9.17, 15) is 20.1 Å². The van der Waals surface area contributed by atoms with Crippen LogP contribution in [0.4, 0.5) is 0 Å². The molecule has 1 aromatic carbocycles. The second kappa shape index (κ2) is 13.7. The highest BCUT2D eigenvalue weighted by atomic mass is 16.5. The summed E-state index contributed by atoms with van der Waals surface area (Å²) in [6.07, 6.45) is 13.7. The first-order valence-electron chi connectivity index (χ1n) is 11.5. The number of hydrogen-bond acceptors (Lipinski definition) is 5. The Morgan fingerprint density at radius 1 is 1.00 bits per heavy atom. The lowest BCUT2D eigenvalue weighted by molar-refractivity contribution is -0.136. The third-order valence-electron chi connectivity index (χ3n) is 5.45. The standard InChI is InChI=1S/C28H40O5/c1-20(2)10-7-13-23(27(31)33-6)14-8-11-21(3)12-9-16-28(5,32)17-15-24-19-25(29)22(4)18-26(24)30/h10,12,14-15,17-19,29-30,32H,7-9,11,13,16H2,1-6H3/t28-/m0/s1. The maximum Gasteiger partial charge on any atom is 0.333 e. The van der Waals surface area contributed by atoms with Crippen molar-refractivity contribution >= 4 is 12.0 Å². The molecule has 0 bridgehead atoms. The van der Waals surface area contributed by atoms with Crippen LogP contribution in [0.3, 0.4) is 0 Å². The minimum Gasteiger partial charge on any atom is -0.508 e. The Balaban J connectivity index is 2.62. The van der Waals surface area contributed by atoms with Gasteiger partial charge >= 0.3 is 5.97 Å². The molecule has 3 N–H and O–H groups in total. The molecule has 1 rings (SSSR count). The molecule has 1 aromatic rings. The Labute approximate surface area is 198 Å². The van der Waals surface area contributed by atoms with Gasteiger partial charge in [-0.3, -0.25) is 0 Å². The SMILES string of the molecule is COC(=O)C(=CCCC(C)=CCC[C@](C)(O)C=Cc1cc(O)c(C)cc1O)CCC=C(C)C. The zero-order chi connectivity index (χ0) is 25.0. The lowest BCUT2D eigenvalue weighted by atomic mass is 9.96. The summed E-state index contributed by atoms with van der Waals surface area (Å²) in [5.74, 6) is -0.102. The van der Waals surface area contributed by atoms with Crippen molar-refractivity contribution in [3.63, 3.8) is 0 Å². The average molecular weight is 457 g/mol. The number of rotatable bonds is 12. The van der Waals surface area contributed by atoms with Crippen molar-refractivity contribution in [2.45, 2.75) is 78.7 Å². The summed E-state index contributed by atoms with van der Waals surface area (Å²) in [6, 6.07) is 2.98. The first-order valence-corrected chi connectivity index (χ1v) is 11.5. The Kier molecular flexibility index (Phi) is 11.7. The van der Waals surface area contributed by atoms with Crippen LogP contribution in [0.25, 0.3) is 6.08 Å². The molecule has 0 saturated heterocycles. The molecule has 5 nitrogen and oxygen atoms in total. The van der Waals surface area contributed by atoms with Gasteiger partial charge in [-0.1, -0.05) is 41.5 Å². The highest BCUT2D eigenvalue weighted by Crippen LogP contribution is 2.28. The third-order valence-corrected chi connectivity index (χ3v) is 5.45. The van der Waals surface area contributed by atoms with Crippen LogP contribution in [0.5, 0.6) is 11.5 Å². The maximum atomic E-state index is 12.0. The molecule has 0 aromatic heterocycles. The van der Waals surface area contributed by atoms with E-state index in [0.29, 0.717) is 36.0 Å². The number of phenolic OH excluding ortho intramolecular Hbond substituents is 2. The van der Waals surface area contributed by atoms with E-state index in [1.165, 1.54) is 30.4 Å². The first kappa shape index (κ1) is 28.2. The highest BCUT2D eigenvalue weighted by Gasteiger charge is 2.15. The summed E-state index contributed by atoms with van der Waals surface area (Å²) >= 11 is 0. The molecule has 0 aliphatic carbocycles. The number of carbonyl (C=O) groups excluding carboxylic acids is 1. The topological polar surface area (TPSA) is 87.0 Å². The number of ether oxygens (including phenoxy) is 1. The molecule has 0 heterocycles. The van der Waals surface area contributed by atoms with Crippen LogP contribution < -0.4 is 0 Å². The quantitative estimate of drug-likeness (QED) is 0.144. The van der Waals surface area contributed by atoms with Gasteiger partial charge in [-0.05, 0) is 90.8 Å². The smallest absolute Gasteiger partial charge is 0.333 e. The summed E-state index contributed by atoms with van der Waals surface area (Å²) in [5, 5.41) is 30.5. The number of allylic oxidation sites excluding steroid dienone is 5. The second-order valence-electron chi connectivity index (χ2n) is 9.06. The van der Waals surface area contributed by atoms with Gasteiger partial charge < -0.3 is 20.1 Å². The van der Waals surface area contributed by atoms with Gasteiger partial charge in [-0.15, -0.1) is 0 Å². The van der Waals surface area contributed by atoms with Gasteiger partial charge in [-0.2, -0.15) is 0 Å². The normalized spacial score (nSPS) is 14.3.